The maximum absolute atomic E-state index is 12.5. The Morgan fingerprint density at radius 3 is 2.81 bits per heavy atom. The van der Waals surface area contributed by atoms with Crippen molar-refractivity contribution >= 4 is 5.91 Å². The molecular weight excluding hydrogens is 262 g/mol. The first-order valence-electron chi connectivity index (χ1n) is 7.57. The van der Waals surface area contributed by atoms with Crippen molar-refractivity contribution < 1.29 is 9.90 Å². The molecule has 0 radical (unpaired) electrons. The topological polar surface area (TPSA) is 40.5 Å². The molecule has 0 aliphatic heterocycles. The second kappa shape index (κ2) is 7.28. The number of nitrogens with zero attached hydrogens (tertiary/aromatic N) is 1. The Hall–Kier alpha value is -1.79. The number of benzene rings is 1. The van der Waals surface area contributed by atoms with Gasteiger partial charge >= 0.3 is 0 Å². The highest BCUT2D eigenvalue weighted by Crippen LogP contribution is 2.27. The molecular formula is C18H23NO2. The van der Waals surface area contributed by atoms with Gasteiger partial charge in [0, 0.05) is 31.1 Å². The normalized spacial score (nSPS) is 14.0. The van der Waals surface area contributed by atoms with Crippen molar-refractivity contribution in [1.82, 2.24) is 4.90 Å². The standard InChI is InChI=1S/C18H23NO2/c1-14-9-10-17(12-16(14)8-3-4-11-20)18(21)19(2)13-15-6-5-7-15/h9-10,12,15,20H,4-7,11,13H2,1-2H3. The minimum Gasteiger partial charge on any atom is -0.395 e. The van der Waals surface area contributed by atoms with Crippen LogP contribution < -0.4 is 0 Å². The van der Waals surface area contributed by atoms with E-state index in [1.54, 1.807) is 0 Å². The van der Waals surface area contributed by atoms with Gasteiger partial charge in [-0.2, -0.15) is 0 Å². The van der Waals surface area contributed by atoms with Gasteiger partial charge in [-0.1, -0.05) is 24.3 Å². The largest absolute Gasteiger partial charge is 0.395 e. The molecule has 0 bridgehead atoms. The van der Waals surface area contributed by atoms with Gasteiger partial charge in [0.15, 0.2) is 0 Å². The Kier molecular flexibility index (Phi) is 5.41. The maximum Gasteiger partial charge on any atom is 0.253 e. The lowest BCUT2D eigenvalue weighted by atomic mass is 9.85. The van der Waals surface area contributed by atoms with Crippen molar-refractivity contribution in [2.75, 3.05) is 20.2 Å². The van der Waals surface area contributed by atoms with Crippen LogP contribution in [0.4, 0.5) is 0 Å². The van der Waals surface area contributed by atoms with E-state index in [0.717, 1.165) is 17.7 Å². The van der Waals surface area contributed by atoms with Crippen LogP contribution >= 0.6 is 0 Å². The van der Waals surface area contributed by atoms with Crippen LogP contribution in [0.2, 0.25) is 0 Å². The SMILES string of the molecule is Cc1ccc(C(=O)N(C)CC2CCC2)cc1C#CCCO. The van der Waals surface area contributed by atoms with Crippen LogP contribution in [0, 0.1) is 24.7 Å². The van der Waals surface area contributed by atoms with Gasteiger partial charge in [-0.3, -0.25) is 4.79 Å². The average molecular weight is 285 g/mol. The van der Waals surface area contributed by atoms with Crippen molar-refractivity contribution in [3.05, 3.63) is 34.9 Å². The summed E-state index contributed by atoms with van der Waals surface area (Å²) in [5.74, 6) is 6.68. The average Bonchev–Trinajstić information content (AvgIpc) is 2.44. The summed E-state index contributed by atoms with van der Waals surface area (Å²) in [4.78, 5) is 14.3. The first kappa shape index (κ1) is 15.6. The van der Waals surface area contributed by atoms with E-state index in [1.807, 2.05) is 37.1 Å². The van der Waals surface area contributed by atoms with Gasteiger partial charge in [0.05, 0.1) is 6.61 Å². The van der Waals surface area contributed by atoms with Crippen molar-refractivity contribution in [3.63, 3.8) is 0 Å². The van der Waals surface area contributed by atoms with Crippen LogP contribution in [0.1, 0.15) is 47.2 Å². The number of hydrogen-bond donors (Lipinski definition) is 1. The molecule has 1 aliphatic rings. The highest BCUT2D eigenvalue weighted by molar-refractivity contribution is 5.94. The molecule has 1 fully saturated rings. The quantitative estimate of drug-likeness (QED) is 0.864. The Morgan fingerprint density at radius 2 is 2.19 bits per heavy atom. The van der Waals surface area contributed by atoms with Crippen molar-refractivity contribution in [3.8, 4) is 11.8 Å². The molecule has 3 heteroatoms. The number of hydrogen-bond acceptors (Lipinski definition) is 2. The van der Waals surface area contributed by atoms with Gasteiger partial charge in [0.1, 0.15) is 0 Å². The van der Waals surface area contributed by atoms with Crippen LogP contribution in [0.15, 0.2) is 18.2 Å². The summed E-state index contributed by atoms with van der Waals surface area (Å²) in [7, 11) is 1.87. The van der Waals surface area contributed by atoms with Crippen LogP contribution in [-0.2, 0) is 0 Å². The molecule has 1 saturated carbocycles. The summed E-state index contributed by atoms with van der Waals surface area (Å²) in [5, 5.41) is 8.78. The molecule has 0 saturated heterocycles. The molecule has 1 aromatic carbocycles. The third-order valence-electron chi connectivity index (χ3n) is 4.05. The number of aliphatic hydroxyl groups is 1. The van der Waals surface area contributed by atoms with Gasteiger partial charge in [-0.15, -0.1) is 0 Å². The first-order chi connectivity index (χ1) is 10.1. The highest BCUT2D eigenvalue weighted by atomic mass is 16.2. The smallest absolute Gasteiger partial charge is 0.253 e. The Balaban J connectivity index is 2.10. The molecule has 0 heterocycles. The number of aliphatic hydroxyl groups excluding tert-OH is 1. The van der Waals surface area contributed by atoms with E-state index >= 15 is 0 Å². The summed E-state index contributed by atoms with van der Waals surface area (Å²) < 4.78 is 0. The minimum atomic E-state index is 0.0621. The molecule has 1 N–H and O–H groups in total. The van der Waals surface area contributed by atoms with E-state index in [4.69, 9.17) is 5.11 Å². The van der Waals surface area contributed by atoms with Crippen molar-refractivity contribution in [2.45, 2.75) is 32.6 Å². The van der Waals surface area contributed by atoms with Gasteiger partial charge < -0.3 is 10.0 Å². The fourth-order valence-corrected chi connectivity index (χ4v) is 2.47. The second-order valence-corrected chi connectivity index (χ2v) is 5.79. The Bertz CT molecular complexity index is 564. The summed E-state index contributed by atoms with van der Waals surface area (Å²) in [6, 6.07) is 5.67. The van der Waals surface area contributed by atoms with E-state index in [9.17, 15) is 4.79 Å². The van der Waals surface area contributed by atoms with Gasteiger partial charge in [0.2, 0.25) is 0 Å². The number of carbonyl (C=O) groups is 1. The lowest BCUT2D eigenvalue weighted by Crippen LogP contribution is -2.34. The van der Waals surface area contributed by atoms with Crippen LogP contribution in [0.5, 0.6) is 0 Å². The summed E-state index contributed by atoms with van der Waals surface area (Å²) in [6.07, 6.45) is 4.23. The van der Waals surface area contributed by atoms with E-state index in [2.05, 4.69) is 11.8 Å². The second-order valence-electron chi connectivity index (χ2n) is 5.79. The monoisotopic (exact) mass is 285 g/mol. The fraction of sp³-hybridized carbons (Fsp3) is 0.500. The summed E-state index contributed by atoms with van der Waals surface area (Å²) in [5.41, 5.74) is 2.61. The molecule has 0 spiro atoms. The Labute approximate surface area is 127 Å². The molecule has 3 nitrogen and oxygen atoms in total. The van der Waals surface area contributed by atoms with Gasteiger partial charge in [-0.05, 0) is 43.4 Å². The molecule has 21 heavy (non-hydrogen) atoms. The third-order valence-corrected chi connectivity index (χ3v) is 4.05. The van der Waals surface area contributed by atoms with E-state index in [0.29, 0.717) is 17.9 Å². The molecule has 0 aromatic heterocycles. The van der Waals surface area contributed by atoms with Crippen LogP contribution in [0.3, 0.4) is 0 Å². The number of aryl methyl sites for hydroxylation is 1. The van der Waals surface area contributed by atoms with Gasteiger partial charge in [-0.25, -0.2) is 0 Å². The van der Waals surface area contributed by atoms with Crippen molar-refractivity contribution in [2.24, 2.45) is 5.92 Å². The molecule has 0 atom stereocenters. The van der Waals surface area contributed by atoms with Crippen molar-refractivity contribution in [1.29, 1.82) is 0 Å². The van der Waals surface area contributed by atoms with E-state index < -0.39 is 0 Å². The molecule has 1 aromatic rings. The summed E-state index contributed by atoms with van der Waals surface area (Å²) >= 11 is 0. The number of carbonyl (C=O) groups excluding carboxylic acids is 1. The predicted molar refractivity (Wildman–Crippen MR) is 84.1 cm³/mol. The molecule has 0 unspecified atom stereocenters. The maximum atomic E-state index is 12.5. The minimum absolute atomic E-state index is 0.0621. The number of amides is 1. The van der Waals surface area contributed by atoms with E-state index in [1.165, 1.54) is 19.3 Å². The molecule has 1 aliphatic carbocycles. The zero-order valence-corrected chi connectivity index (χ0v) is 12.9. The predicted octanol–water partition coefficient (Wildman–Crippen LogP) is 2.60. The lowest BCUT2D eigenvalue weighted by Gasteiger charge is -2.30. The molecule has 2 rings (SSSR count). The van der Waals surface area contributed by atoms with E-state index in [-0.39, 0.29) is 12.5 Å². The fourth-order valence-electron chi connectivity index (χ4n) is 2.47. The number of rotatable bonds is 4. The molecule has 112 valence electrons. The van der Waals surface area contributed by atoms with Gasteiger partial charge in [0.25, 0.3) is 5.91 Å². The molecule has 1 amide bonds. The Morgan fingerprint density at radius 1 is 1.43 bits per heavy atom. The summed E-state index contributed by atoms with van der Waals surface area (Å²) in [6.45, 7) is 2.89. The zero-order chi connectivity index (χ0) is 15.2. The zero-order valence-electron chi connectivity index (χ0n) is 12.9. The van der Waals surface area contributed by atoms with Crippen LogP contribution in [0.25, 0.3) is 0 Å². The lowest BCUT2D eigenvalue weighted by molar-refractivity contribution is 0.0745. The van der Waals surface area contributed by atoms with Crippen LogP contribution in [-0.4, -0.2) is 36.1 Å². The first-order valence-corrected chi connectivity index (χ1v) is 7.57. The third kappa shape index (κ3) is 4.09. The highest BCUT2D eigenvalue weighted by Gasteiger charge is 2.22.